The van der Waals surface area contributed by atoms with E-state index in [-0.39, 0.29) is 11.5 Å². The zero-order valence-electron chi connectivity index (χ0n) is 16.1. The van der Waals surface area contributed by atoms with Gasteiger partial charge in [-0.1, -0.05) is 24.3 Å². The van der Waals surface area contributed by atoms with Gasteiger partial charge >= 0.3 is 0 Å². The molecule has 1 aliphatic heterocycles. The number of hydrogen-bond acceptors (Lipinski definition) is 3. The minimum Gasteiger partial charge on any atom is -0.337 e. The van der Waals surface area contributed by atoms with E-state index in [4.69, 9.17) is 0 Å². The molecule has 5 nitrogen and oxygen atoms in total. The molecule has 1 fully saturated rings. The molecule has 142 valence electrons. The Morgan fingerprint density at radius 3 is 2.41 bits per heavy atom. The third-order valence-electron chi connectivity index (χ3n) is 5.94. The summed E-state index contributed by atoms with van der Waals surface area (Å²) in [6.07, 6.45) is 3.14. The van der Waals surface area contributed by atoms with Crippen LogP contribution in [0.4, 0.5) is 0 Å². The maximum atomic E-state index is 13.0. The maximum Gasteiger partial charge on any atom is 0.261 e. The molecule has 27 heavy (non-hydrogen) atoms. The molecule has 0 saturated carbocycles. The number of aryl methyl sites for hydroxylation is 2. The lowest BCUT2D eigenvalue weighted by Crippen LogP contribution is -2.41. The van der Waals surface area contributed by atoms with Gasteiger partial charge in [-0.15, -0.1) is 0 Å². The lowest BCUT2D eigenvalue weighted by molar-refractivity contribution is 0.0755. The van der Waals surface area contributed by atoms with Crippen LogP contribution in [0.5, 0.6) is 0 Å². The Hall–Kier alpha value is -2.40. The van der Waals surface area contributed by atoms with Crippen molar-refractivity contribution < 1.29 is 4.79 Å². The fraction of sp³-hybridized carbons (Fsp3) is 0.455. The SMILES string of the molecule is Cc1cc(C)c(C(=O)N2CCCN(C3Cc4ccccc4C3)CC2)c(=O)[nH]1. The van der Waals surface area contributed by atoms with E-state index in [2.05, 4.69) is 34.1 Å². The normalized spacial score (nSPS) is 18.4. The summed E-state index contributed by atoms with van der Waals surface area (Å²) in [4.78, 5) is 32.5. The first-order chi connectivity index (χ1) is 13.0. The number of pyridine rings is 1. The zero-order valence-corrected chi connectivity index (χ0v) is 16.1. The van der Waals surface area contributed by atoms with Crippen molar-refractivity contribution in [3.63, 3.8) is 0 Å². The second-order valence-electron chi connectivity index (χ2n) is 7.85. The molecule has 0 atom stereocenters. The van der Waals surface area contributed by atoms with E-state index in [0.717, 1.165) is 43.6 Å². The molecular formula is C22H27N3O2. The van der Waals surface area contributed by atoms with E-state index in [0.29, 0.717) is 24.7 Å². The predicted octanol–water partition coefficient (Wildman–Crippen LogP) is 2.31. The van der Waals surface area contributed by atoms with Crippen molar-refractivity contribution >= 4 is 5.91 Å². The molecule has 0 unspecified atom stereocenters. The van der Waals surface area contributed by atoms with E-state index in [1.54, 1.807) is 0 Å². The van der Waals surface area contributed by atoms with E-state index < -0.39 is 0 Å². The second-order valence-corrected chi connectivity index (χ2v) is 7.85. The quantitative estimate of drug-likeness (QED) is 0.889. The molecule has 1 aromatic carbocycles. The number of fused-ring (bicyclic) bond motifs is 1. The smallest absolute Gasteiger partial charge is 0.261 e. The lowest BCUT2D eigenvalue weighted by atomic mass is 10.1. The van der Waals surface area contributed by atoms with Gasteiger partial charge in [0.05, 0.1) is 0 Å². The van der Waals surface area contributed by atoms with Crippen LogP contribution in [0.1, 0.15) is 39.2 Å². The van der Waals surface area contributed by atoms with Gasteiger partial charge in [0, 0.05) is 37.9 Å². The Labute approximate surface area is 160 Å². The molecule has 2 aliphatic rings. The molecule has 0 spiro atoms. The van der Waals surface area contributed by atoms with Crippen molar-refractivity contribution in [1.82, 2.24) is 14.8 Å². The topological polar surface area (TPSA) is 56.4 Å². The number of H-pyrrole nitrogens is 1. The van der Waals surface area contributed by atoms with Crippen LogP contribution in [0.15, 0.2) is 35.1 Å². The molecule has 1 aliphatic carbocycles. The standard InChI is InChI=1S/C22H27N3O2/c1-15-12-16(2)23-21(26)20(15)22(27)25-9-5-8-24(10-11-25)19-13-17-6-3-4-7-18(17)14-19/h3-4,6-7,12,19H,5,8-11,13-14H2,1-2H3,(H,23,26). The Kier molecular flexibility index (Phi) is 4.87. The largest absolute Gasteiger partial charge is 0.337 e. The van der Waals surface area contributed by atoms with E-state index >= 15 is 0 Å². The summed E-state index contributed by atoms with van der Waals surface area (Å²) in [5, 5.41) is 0. The molecule has 5 heteroatoms. The van der Waals surface area contributed by atoms with Gasteiger partial charge in [0.1, 0.15) is 5.56 Å². The highest BCUT2D eigenvalue weighted by molar-refractivity contribution is 5.95. The van der Waals surface area contributed by atoms with Crippen LogP contribution in [0.25, 0.3) is 0 Å². The molecule has 1 amide bonds. The summed E-state index contributed by atoms with van der Waals surface area (Å²) in [7, 11) is 0. The predicted molar refractivity (Wildman–Crippen MR) is 106 cm³/mol. The van der Waals surface area contributed by atoms with Gasteiger partial charge in [0.15, 0.2) is 0 Å². The molecule has 0 radical (unpaired) electrons. The molecule has 0 bridgehead atoms. The summed E-state index contributed by atoms with van der Waals surface area (Å²) >= 11 is 0. The number of benzene rings is 1. The minimum absolute atomic E-state index is 0.134. The van der Waals surface area contributed by atoms with Gasteiger partial charge in [-0.05, 0) is 55.9 Å². The fourth-order valence-corrected chi connectivity index (χ4v) is 4.58. The molecule has 2 heterocycles. The van der Waals surface area contributed by atoms with Gasteiger partial charge in [-0.25, -0.2) is 0 Å². The van der Waals surface area contributed by atoms with Gasteiger partial charge in [-0.2, -0.15) is 0 Å². The van der Waals surface area contributed by atoms with Crippen molar-refractivity contribution in [3.8, 4) is 0 Å². The van der Waals surface area contributed by atoms with Gasteiger partial charge in [-0.3, -0.25) is 14.5 Å². The summed E-state index contributed by atoms with van der Waals surface area (Å²) in [6.45, 7) is 6.94. The molecular weight excluding hydrogens is 338 g/mol. The number of carbonyl (C=O) groups excluding carboxylic acids is 1. The third-order valence-corrected chi connectivity index (χ3v) is 5.94. The number of aromatic nitrogens is 1. The zero-order chi connectivity index (χ0) is 19.0. The number of nitrogens with zero attached hydrogens (tertiary/aromatic N) is 2. The highest BCUT2D eigenvalue weighted by Gasteiger charge is 2.30. The molecule has 1 saturated heterocycles. The van der Waals surface area contributed by atoms with E-state index in [9.17, 15) is 9.59 Å². The summed E-state index contributed by atoms with van der Waals surface area (Å²) in [5.41, 5.74) is 4.49. The van der Waals surface area contributed by atoms with Crippen LogP contribution < -0.4 is 5.56 Å². The average molecular weight is 365 g/mol. The third kappa shape index (κ3) is 3.56. The minimum atomic E-state index is -0.273. The summed E-state index contributed by atoms with van der Waals surface area (Å²) in [6, 6.07) is 11.1. The summed E-state index contributed by atoms with van der Waals surface area (Å²) < 4.78 is 0. The van der Waals surface area contributed by atoms with E-state index in [1.165, 1.54) is 11.1 Å². The Bertz CT molecular complexity index is 893. The van der Waals surface area contributed by atoms with Crippen LogP contribution in [0.2, 0.25) is 0 Å². The highest BCUT2D eigenvalue weighted by atomic mass is 16.2. The maximum absolute atomic E-state index is 13.0. The molecule has 4 rings (SSSR count). The van der Waals surface area contributed by atoms with Crippen molar-refractivity contribution in [3.05, 3.63) is 68.6 Å². The number of aromatic amines is 1. The van der Waals surface area contributed by atoms with Crippen LogP contribution in [-0.2, 0) is 12.8 Å². The second kappa shape index (κ2) is 7.31. The molecule has 1 aromatic heterocycles. The Morgan fingerprint density at radius 1 is 1.04 bits per heavy atom. The molecule has 2 aromatic rings. The first-order valence-corrected chi connectivity index (χ1v) is 9.83. The van der Waals surface area contributed by atoms with Crippen LogP contribution in [0.3, 0.4) is 0 Å². The first kappa shape index (κ1) is 18.0. The highest BCUT2D eigenvalue weighted by Crippen LogP contribution is 2.26. The molecule has 1 N–H and O–H groups in total. The monoisotopic (exact) mass is 365 g/mol. The van der Waals surface area contributed by atoms with Gasteiger partial charge in [0.25, 0.3) is 11.5 Å². The van der Waals surface area contributed by atoms with Crippen LogP contribution in [-0.4, -0.2) is 52.9 Å². The van der Waals surface area contributed by atoms with Gasteiger partial charge in [0.2, 0.25) is 0 Å². The number of amides is 1. The van der Waals surface area contributed by atoms with Crippen molar-refractivity contribution in [2.45, 2.75) is 39.2 Å². The van der Waals surface area contributed by atoms with E-state index in [1.807, 2.05) is 24.8 Å². The number of rotatable bonds is 2. The van der Waals surface area contributed by atoms with Crippen molar-refractivity contribution in [2.24, 2.45) is 0 Å². The van der Waals surface area contributed by atoms with Gasteiger partial charge < -0.3 is 9.88 Å². The summed E-state index contributed by atoms with van der Waals surface area (Å²) in [5.74, 6) is -0.134. The number of hydrogen-bond donors (Lipinski definition) is 1. The Morgan fingerprint density at radius 2 is 1.74 bits per heavy atom. The Balaban J connectivity index is 1.45. The van der Waals surface area contributed by atoms with Crippen LogP contribution >= 0.6 is 0 Å². The first-order valence-electron chi connectivity index (χ1n) is 9.83. The average Bonchev–Trinajstić information content (AvgIpc) is 2.90. The fourth-order valence-electron chi connectivity index (χ4n) is 4.58. The van der Waals surface area contributed by atoms with Crippen LogP contribution in [0, 0.1) is 13.8 Å². The van der Waals surface area contributed by atoms with Crippen molar-refractivity contribution in [2.75, 3.05) is 26.2 Å². The lowest BCUT2D eigenvalue weighted by Gasteiger charge is -2.27. The number of carbonyl (C=O) groups is 1. The van der Waals surface area contributed by atoms with Crippen molar-refractivity contribution in [1.29, 1.82) is 0 Å². The number of nitrogens with one attached hydrogen (secondary N) is 1.